The van der Waals surface area contributed by atoms with Gasteiger partial charge in [-0.2, -0.15) is 25.0 Å². The number of aryl methyl sites for hydroxylation is 1. The van der Waals surface area contributed by atoms with Crippen LogP contribution in [0.15, 0.2) is 30.3 Å². The smallest absolute Gasteiger partial charge is 0.311 e. The lowest BCUT2D eigenvalue weighted by molar-refractivity contribution is 0.417. The topological polar surface area (TPSA) is 146 Å². The second kappa shape index (κ2) is 5.19. The van der Waals surface area contributed by atoms with Crippen molar-refractivity contribution in [1.82, 2.24) is 34.7 Å². The highest BCUT2D eigenvalue weighted by Gasteiger charge is 2.18. The van der Waals surface area contributed by atoms with Gasteiger partial charge in [-0.15, -0.1) is 0 Å². The number of hydrogen-bond acceptors (Lipinski definition) is 8. The van der Waals surface area contributed by atoms with Gasteiger partial charge in [0, 0.05) is 6.07 Å². The van der Waals surface area contributed by atoms with Crippen LogP contribution in [0.3, 0.4) is 0 Å². The summed E-state index contributed by atoms with van der Waals surface area (Å²) >= 11 is 0. The van der Waals surface area contributed by atoms with Gasteiger partial charge in [0.2, 0.25) is 17.8 Å². The van der Waals surface area contributed by atoms with Crippen LogP contribution < -0.4 is 16.2 Å². The van der Waals surface area contributed by atoms with Crippen molar-refractivity contribution < 1.29 is 4.74 Å². The van der Waals surface area contributed by atoms with Crippen LogP contribution in [0, 0.1) is 6.92 Å². The van der Waals surface area contributed by atoms with Gasteiger partial charge in [-0.3, -0.25) is 0 Å². The maximum atomic E-state index is 5.76. The molecule has 5 N–H and O–H groups in total. The predicted molar refractivity (Wildman–Crippen MR) is 86.7 cm³/mol. The first-order valence-electron chi connectivity index (χ1n) is 7.05. The number of nitrogens with one attached hydrogen (secondary N) is 1. The van der Waals surface area contributed by atoms with E-state index in [0.29, 0.717) is 23.5 Å². The number of nitrogens with two attached hydrogens (primary N) is 2. The number of aromatic nitrogens is 7. The zero-order chi connectivity index (χ0) is 16.7. The van der Waals surface area contributed by atoms with E-state index in [-0.39, 0.29) is 12.0 Å². The van der Waals surface area contributed by atoms with Crippen LogP contribution >= 0.6 is 0 Å². The maximum Gasteiger partial charge on any atom is 0.311 e. The molecule has 0 fully saturated rings. The fourth-order valence-electron chi connectivity index (χ4n) is 2.32. The Kier molecular flexibility index (Phi) is 3.02. The first-order chi connectivity index (χ1) is 11.6. The summed E-state index contributed by atoms with van der Waals surface area (Å²) in [7, 11) is 0. The van der Waals surface area contributed by atoms with Crippen molar-refractivity contribution in [3.05, 3.63) is 36.2 Å². The quantitative estimate of drug-likeness (QED) is 0.509. The average molecular weight is 323 g/mol. The zero-order valence-electron chi connectivity index (χ0n) is 12.6. The Balaban J connectivity index is 1.92. The van der Waals surface area contributed by atoms with Crippen molar-refractivity contribution in [3.8, 4) is 17.8 Å². The maximum absolute atomic E-state index is 5.76. The van der Waals surface area contributed by atoms with Crippen LogP contribution in [0.5, 0.6) is 11.9 Å². The molecule has 0 radical (unpaired) electrons. The highest BCUT2D eigenvalue weighted by Crippen LogP contribution is 2.28. The summed E-state index contributed by atoms with van der Waals surface area (Å²) in [6, 6.07) is 9.31. The van der Waals surface area contributed by atoms with Crippen LogP contribution in [0.1, 0.15) is 5.82 Å². The third-order valence-electron chi connectivity index (χ3n) is 3.26. The third kappa shape index (κ3) is 2.35. The predicted octanol–water partition coefficient (Wildman–Crippen LogP) is 1.20. The van der Waals surface area contributed by atoms with Gasteiger partial charge in [0.1, 0.15) is 11.6 Å². The van der Waals surface area contributed by atoms with Gasteiger partial charge in [0.15, 0.2) is 0 Å². The molecule has 0 saturated heterocycles. The van der Waals surface area contributed by atoms with Crippen LogP contribution in [-0.2, 0) is 0 Å². The number of fused-ring (bicyclic) bond motifs is 1. The van der Waals surface area contributed by atoms with Crippen molar-refractivity contribution in [2.75, 3.05) is 11.5 Å². The van der Waals surface area contributed by atoms with Crippen molar-refractivity contribution >= 4 is 22.8 Å². The summed E-state index contributed by atoms with van der Waals surface area (Å²) < 4.78 is 7.41. The Labute approximate surface area is 135 Å². The molecule has 0 spiro atoms. The summed E-state index contributed by atoms with van der Waals surface area (Å²) in [5, 5.41) is 6.50. The zero-order valence-corrected chi connectivity index (χ0v) is 12.6. The number of anilines is 2. The van der Waals surface area contributed by atoms with Crippen LogP contribution in [0.4, 0.5) is 11.8 Å². The van der Waals surface area contributed by atoms with Gasteiger partial charge < -0.3 is 16.2 Å². The molecule has 0 aliphatic carbocycles. The van der Waals surface area contributed by atoms with Crippen molar-refractivity contribution in [2.24, 2.45) is 0 Å². The van der Waals surface area contributed by atoms with Crippen molar-refractivity contribution in [2.45, 2.75) is 6.92 Å². The highest BCUT2D eigenvalue weighted by atomic mass is 16.5. The fourth-order valence-corrected chi connectivity index (χ4v) is 2.32. The Morgan fingerprint density at radius 3 is 2.67 bits per heavy atom. The molecule has 120 valence electrons. The number of H-pyrrole nitrogens is 1. The van der Waals surface area contributed by atoms with E-state index in [1.165, 1.54) is 0 Å². The summed E-state index contributed by atoms with van der Waals surface area (Å²) in [5.74, 6) is 1.59. The van der Waals surface area contributed by atoms with Gasteiger partial charge in [-0.05, 0) is 19.1 Å². The summed E-state index contributed by atoms with van der Waals surface area (Å²) in [6.07, 6.45) is 0. The first kappa shape index (κ1) is 13.9. The van der Waals surface area contributed by atoms with Gasteiger partial charge in [-0.1, -0.05) is 12.1 Å². The Hall–Kier alpha value is -3.69. The number of hydrogen-bond donors (Lipinski definition) is 3. The number of aromatic amines is 1. The van der Waals surface area contributed by atoms with E-state index in [1.54, 1.807) is 17.6 Å². The number of ether oxygens (including phenoxy) is 1. The van der Waals surface area contributed by atoms with E-state index in [9.17, 15) is 0 Å². The second-order valence-corrected chi connectivity index (χ2v) is 5.02. The number of rotatable bonds is 3. The lowest BCUT2D eigenvalue weighted by atomic mass is 10.3. The van der Waals surface area contributed by atoms with E-state index in [1.807, 2.05) is 24.3 Å². The molecule has 4 aromatic rings. The molecule has 3 heterocycles. The average Bonchev–Trinajstić information content (AvgIpc) is 3.09. The highest BCUT2D eigenvalue weighted by molar-refractivity contribution is 5.78. The minimum absolute atomic E-state index is 0.118. The van der Waals surface area contributed by atoms with Gasteiger partial charge in [-0.25, -0.2) is 9.67 Å². The van der Waals surface area contributed by atoms with Gasteiger partial charge in [0.25, 0.3) is 0 Å². The Morgan fingerprint density at radius 2 is 1.92 bits per heavy atom. The molecule has 0 unspecified atom stereocenters. The van der Waals surface area contributed by atoms with E-state index in [0.717, 1.165) is 11.0 Å². The SMILES string of the molecule is Cc1nc(N)nc(-n2c(Oc3cc(N)n[nH]3)nc3ccccc32)n1. The molecule has 1 aromatic carbocycles. The Morgan fingerprint density at radius 1 is 1.08 bits per heavy atom. The monoisotopic (exact) mass is 323 g/mol. The molecular formula is C14H13N9O. The van der Waals surface area contributed by atoms with Crippen LogP contribution in [0.2, 0.25) is 0 Å². The molecule has 0 aliphatic rings. The van der Waals surface area contributed by atoms with Gasteiger partial charge in [0.05, 0.1) is 11.0 Å². The summed E-state index contributed by atoms with van der Waals surface area (Å²) in [6.45, 7) is 1.73. The fraction of sp³-hybridized carbons (Fsp3) is 0.0714. The first-order valence-corrected chi connectivity index (χ1v) is 7.05. The van der Waals surface area contributed by atoms with E-state index in [4.69, 9.17) is 16.2 Å². The summed E-state index contributed by atoms with van der Waals surface area (Å²) in [4.78, 5) is 17.0. The molecule has 0 atom stereocenters. The molecule has 10 heteroatoms. The molecule has 0 saturated carbocycles. The molecule has 24 heavy (non-hydrogen) atoms. The minimum Gasteiger partial charge on any atom is -0.407 e. The standard InChI is InChI=1S/C14H13N9O/c1-7-17-12(16)20-13(18-7)23-9-5-3-2-4-8(9)19-14(23)24-11-6-10(15)21-22-11/h2-6H,1H3,(H3,15,21,22)(H2,16,17,18,20). The molecule has 10 nitrogen and oxygen atoms in total. The normalized spacial score (nSPS) is 11.0. The lowest BCUT2D eigenvalue weighted by Gasteiger charge is -2.07. The molecule has 4 rings (SSSR count). The van der Waals surface area contributed by atoms with Gasteiger partial charge >= 0.3 is 6.01 Å². The summed E-state index contributed by atoms with van der Waals surface area (Å²) in [5.41, 5.74) is 12.8. The number of nitrogen functional groups attached to an aromatic ring is 2. The van der Waals surface area contributed by atoms with Crippen LogP contribution in [0.25, 0.3) is 17.0 Å². The molecule has 0 aliphatic heterocycles. The van der Waals surface area contributed by atoms with Crippen LogP contribution in [-0.4, -0.2) is 34.7 Å². The minimum atomic E-state index is 0.118. The number of nitrogens with zero attached hydrogens (tertiary/aromatic N) is 6. The molecule has 0 amide bonds. The lowest BCUT2D eigenvalue weighted by Crippen LogP contribution is -2.08. The van der Waals surface area contributed by atoms with E-state index < -0.39 is 0 Å². The van der Waals surface area contributed by atoms with E-state index in [2.05, 4.69) is 30.1 Å². The third-order valence-corrected chi connectivity index (χ3v) is 3.26. The largest absolute Gasteiger partial charge is 0.407 e. The number of benzene rings is 1. The van der Waals surface area contributed by atoms with Crippen molar-refractivity contribution in [1.29, 1.82) is 0 Å². The van der Waals surface area contributed by atoms with E-state index >= 15 is 0 Å². The molecule has 3 aromatic heterocycles. The van der Waals surface area contributed by atoms with Crippen molar-refractivity contribution in [3.63, 3.8) is 0 Å². The Bertz CT molecular complexity index is 1020. The molecule has 0 bridgehead atoms. The second-order valence-electron chi connectivity index (χ2n) is 5.02. The molecular weight excluding hydrogens is 310 g/mol. The number of para-hydroxylation sites is 2. The number of imidazole rings is 1.